The Morgan fingerprint density at radius 3 is 2.33 bits per heavy atom. The van der Waals surface area contributed by atoms with Gasteiger partial charge in [0.15, 0.2) is 0 Å². The Labute approximate surface area is 144 Å². The van der Waals surface area contributed by atoms with Gasteiger partial charge in [-0.15, -0.1) is 0 Å². The molecule has 1 N–H and O–H groups in total. The molecule has 0 heterocycles. The molecule has 4 heteroatoms. The summed E-state index contributed by atoms with van der Waals surface area (Å²) in [6.07, 6.45) is 5.88. The highest BCUT2D eigenvalue weighted by Gasteiger charge is 2.40. The van der Waals surface area contributed by atoms with E-state index in [4.69, 9.17) is 0 Å². The van der Waals surface area contributed by atoms with E-state index in [0.717, 1.165) is 17.5 Å². The monoisotopic (exact) mass is 328 g/mol. The maximum absolute atomic E-state index is 12.3. The Kier molecular flexibility index (Phi) is 5.22. The zero-order valence-electron chi connectivity index (χ0n) is 14.8. The molecular weight excluding hydrogens is 300 g/mol. The van der Waals surface area contributed by atoms with E-state index in [1.54, 1.807) is 17.0 Å². The number of anilines is 1. The Bertz CT molecular complexity index is 592. The molecular formula is C20H28N2O2. The van der Waals surface area contributed by atoms with Crippen molar-refractivity contribution in [2.45, 2.75) is 46.0 Å². The van der Waals surface area contributed by atoms with E-state index in [0.29, 0.717) is 31.0 Å². The van der Waals surface area contributed by atoms with Gasteiger partial charge in [0, 0.05) is 30.8 Å². The van der Waals surface area contributed by atoms with Crippen molar-refractivity contribution >= 4 is 17.5 Å². The van der Waals surface area contributed by atoms with Crippen molar-refractivity contribution in [1.82, 2.24) is 4.90 Å². The number of rotatable bonds is 6. The number of hydrogen-bond donors (Lipinski definition) is 1. The number of benzene rings is 1. The number of nitrogens with zero attached hydrogens (tertiary/aromatic N) is 1. The summed E-state index contributed by atoms with van der Waals surface area (Å²) >= 11 is 0. The first-order valence-electron chi connectivity index (χ1n) is 9.29. The molecule has 0 aliphatic heterocycles. The molecule has 0 radical (unpaired) electrons. The van der Waals surface area contributed by atoms with Crippen LogP contribution in [0, 0.1) is 17.8 Å². The van der Waals surface area contributed by atoms with E-state index < -0.39 is 0 Å². The molecule has 2 amide bonds. The van der Waals surface area contributed by atoms with Gasteiger partial charge in [0.25, 0.3) is 5.91 Å². The van der Waals surface area contributed by atoms with Crippen LogP contribution >= 0.6 is 0 Å². The molecule has 0 spiro atoms. The van der Waals surface area contributed by atoms with Crippen molar-refractivity contribution in [2.24, 2.45) is 17.8 Å². The van der Waals surface area contributed by atoms with Gasteiger partial charge in [-0.3, -0.25) is 9.59 Å². The molecule has 0 unspecified atom stereocenters. The van der Waals surface area contributed by atoms with Crippen LogP contribution in [-0.2, 0) is 4.79 Å². The second-order valence-electron chi connectivity index (χ2n) is 7.24. The fourth-order valence-electron chi connectivity index (χ4n) is 4.47. The van der Waals surface area contributed by atoms with Crippen LogP contribution in [0.2, 0.25) is 0 Å². The molecule has 3 rings (SSSR count). The standard InChI is InChI=1S/C20H28N2O2/c1-3-22(4-2)20(24)15-7-9-18(10-8-15)21-19(23)13-17-12-14-5-6-16(17)11-14/h7-10,14,16-17H,3-6,11-13H2,1-2H3,(H,21,23)/t14-,16-,17+/m0/s1. The lowest BCUT2D eigenvalue weighted by Gasteiger charge is -2.21. The van der Waals surface area contributed by atoms with Gasteiger partial charge in [-0.1, -0.05) is 6.42 Å². The quantitative estimate of drug-likeness (QED) is 0.860. The van der Waals surface area contributed by atoms with E-state index in [1.165, 1.54) is 25.7 Å². The van der Waals surface area contributed by atoms with E-state index in [-0.39, 0.29) is 11.8 Å². The van der Waals surface area contributed by atoms with Gasteiger partial charge in [-0.05, 0) is 75.1 Å². The second-order valence-corrected chi connectivity index (χ2v) is 7.24. The summed E-state index contributed by atoms with van der Waals surface area (Å²) in [5.74, 6) is 2.37. The fourth-order valence-corrected chi connectivity index (χ4v) is 4.47. The minimum absolute atomic E-state index is 0.0415. The van der Waals surface area contributed by atoms with Crippen LogP contribution < -0.4 is 5.32 Å². The summed E-state index contributed by atoms with van der Waals surface area (Å²) in [4.78, 5) is 26.4. The van der Waals surface area contributed by atoms with E-state index in [1.807, 2.05) is 26.0 Å². The summed E-state index contributed by atoms with van der Waals surface area (Å²) in [5.41, 5.74) is 1.45. The number of hydrogen-bond acceptors (Lipinski definition) is 2. The third-order valence-corrected chi connectivity index (χ3v) is 5.80. The zero-order chi connectivity index (χ0) is 17.1. The molecule has 2 saturated carbocycles. The predicted molar refractivity (Wildman–Crippen MR) is 95.9 cm³/mol. The lowest BCUT2D eigenvalue weighted by molar-refractivity contribution is -0.117. The summed E-state index contributed by atoms with van der Waals surface area (Å²) < 4.78 is 0. The number of carbonyl (C=O) groups excluding carboxylic acids is 2. The van der Waals surface area contributed by atoms with Gasteiger partial charge < -0.3 is 10.2 Å². The lowest BCUT2D eigenvalue weighted by atomic mass is 9.86. The van der Waals surface area contributed by atoms with Crippen molar-refractivity contribution in [1.29, 1.82) is 0 Å². The average molecular weight is 328 g/mol. The highest BCUT2D eigenvalue weighted by Crippen LogP contribution is 2.49. The molecule has 2 aliphatic carbocycles. The van der Waals surface area contributed by atoms with Crippen LogP contribution in [0.15, 0.2) is 24.3 Å². The molecule has 0 aromatic heterocycles. The molecule has 2 aliphatic rings. The molecule has 2 fully saturated rings. The van der Waals surface area contributed by atoms with Crippen molar-refractivity contribution in [3.05, 3.63) is 29.8 Å². The van der Waals surface area contributed by atoms with Gasteiger partial charge in [0.05, 0.1) is 0 Å². The lowest BCUT2D eigenvalue weighted by Crippen LogP contribution is -2.30. The predicted octanol–water partition coefficient (Wildman–Crippen LogP) is 3.93. The molecule has 0 saturated heterocycles. The van der Waals surface area contributed by atoms with Crippen molar-refractivity contribution in [3.8, 4) is 0 Å². The summed E-state index contributed by atoms with van der Waals surface area (Å²) in [5, 5.41) is 2.99. The normalized spacial score (nSPS) is 24.8. The smallest absolute Gasteiger partial charge is 0.253 e. The van der Waals surface area contributed by atoms with Crippen molar-refractivity contribution in [3.63, 3.8) is 0 Å². The maximum atomic E-state index is 12.3. The molecule has 4 nitrogen and oxygen atoms in total. The highest BCUT2D eigenvalue weighted by atomic mass is 16.2. The Morgan fingerprint density at radius 2 is 1.79 bits per heavy atom. The van der Waals surface area contributed by atoms with Crippen LogP contribution in [0.4, 0.5) is 5.69 Å². The summed E-state index contributed by atoms with van der Waals surface area (Å²) in [7, 11) is 0. The number of amides is 2. The van der Waals surface area contributed by atoms with Gasteiger partial charge in [0.1, 0.15) is 0 Å². The number of carbonyl (C=O) groups is 2. The van der Waals surface area contributed by atoms with Crippen LogP contribution in [0.5, 0.6) is 0 Å². The SMILES string of the molecule is CCN(CC)C(=O)c1ccc(NC(=O)C[C@H]2C[C@H]3CC[C@H]2C3)cc1. The third-order valence-electron chi connectivity index (χ3n) is 5.80. The first-order chi connectivity index (χ1) is 11.6. The van der Waals surface area contributed by atoms with E-state index in [9.17, 15) is 9.59 Å². The van der Waals surface area contributed by atoms with E-state index in [2.05, 4.69) is 5.32 Å². The Hall–Kier alpha value is -1.84. The summed E-state index contributed by atoms with van der Waals surface area (Å²) in [6.45, 7) is 5.37. The molecule has 24 heavy (non-hydrogen) atoms. The molecule has 1 aromatic rings. The Balaban J connectivity index is 1.54. The topological polar surface area (TPSA) is 49.4 Å². The molecule has 2 bridgehead atoms. The first kappa shape index (κ1) is 17.0. The van der Waals surface area contributed by atoms with Crippen LogP contribution in [0.1, 0.15) is 56.3 Å². The average Bonchev–Trinajstić information content (AvgIpc) is 3.19. The summed E-state index contributed by atoms with van der Waals surface area (Å²) in [6, 6.07) is 7.26. The minimum Gasteiger partial charge on any atom is -0.339 e. The van der Waals surface area contributed by atoms with Gasteiger partial charge >= 0.3 is 0 Å². The fraction of sp³-hybridized carbons (Fsp3) is 0.600. The van der Waals surface area contributed by atoms with Gasteiger partial charge in [-0.2, -0.15) is 0 Å². The largest absolute Gasteiger partial charge is 0.339 e. The van der Waals surface area contributed by atoms with Gasteiger partial charge in [0.2, 0.25) is 5.91 Å². The van der Waals surface area contributed by atoms with E-state index >= 15 is 0 Å². The van der Waals surface area contributed by atoms with Crippen LogP contribution in [0.25, 0.3) is 0 Å². The zero-order valence-corrected chi connectivity index (χ0v) is 14.8. The van der Waals surface area contributed by atoms with Crippen molar-refractivity contribution < 1.29 is 9.59 Å². The number of fused-ring (bicyclic) bond motifs is 2. The van der Waals surface area contributed by atoms with Crippen LogP contribution in [-0.4, -0.2) is 29.8 Å². The molecule has 1 aromatic carbocycles. The second kappa shape index (κ2) is 7.37. The van der Waals surface area contributed by atoms with Crippen molar-refractivity contribution in [2.75, 3.05) is 18.4 Å². The number of nitrogens with one attached hydrogen (secondary N) is 1. The Morgan fingerprint density at radius 1 is 1.08 bits per heavy atom. The first-order valence-corrected chi connectivity index (χ1v) is 9.29. The van der Waals surface area contributed by atoms with Gasteiger partial charge in [-0.25, -0.2) is 0 Å². The maximum Gasteiger partial charge on any atom is 0.253 e. The molecule has 130 valence electrons. The minimum atomic E-state index is 0.0415. The third kappa shape index (κ3) is 3.63. The highest BCUT2D eigenvalue weighted by molar-refractivity contribution is 5.95. The van der Waals surface area contributed by atoms with Crippen LogP contribution in [0.3, 0.4) is 0 Å². The molecule has 3 atom stereocenters.